The van der Waals surface area contributed by atoms with Gasteiger partial charge in [-0.15, -0.1) is 16.4 Å². The second-order valence-electron chi connectivity index (χ2n) is 5.13. The Morgan fingerprint density at radius 2 is 2.08 bits per heavy atom. The molecule has 2 heterocycles. The second-order valence-corrected chi connectivity index (χ2v) is 7.88. The number of thioether (sulfide) groups is 1. The van der Waals surface area contributed by atoms with Crippen LogP contribution in [0.3, 0.4) is 0 Å². The molecule has 7 nitrogen and oxygen atoms in total. The molecular formula is C15H14ClN5O2S2. The van der Waals surface area contributed by atoms with E-state index in [9.17, 15) is 9.90 Å². The number of amides is 1. The van der Waals surface area contributed by atoms with Crippen molar-refractivity contribution in [1.29, 1.82) is 0 Å². The third-order valence-electron chi connectivity index (χ3n) is 3.31. The fourth-order valence-electron chi connectivity index (χ4n) is 2.02. The van der Waals surface area contributed by atoms with Crippen molar-refractivity contribution in [1.82, 2.24) is 25.1 Å². The molecule has 0 saturated carbocycles. The molecule has 0 spiro atoms. The Kier molecular flexibility index (Phi) is 5.57. The first-order valence-corrected chi connectivity index (χ1v) is 9.39. The first-order chi connectivity index (χ1) is 12.0. The quantitative estimate of drug-likeness (QED) is 0.646. The van der Waals surface area contributed by atoms with E-state index in [1.807, 2.05) is 12.1 Å². The van der Waals surface area contributed by atoms with Gasteiger partial charge < -0.3 is 10.0 Å². The van der Waals surface area contributed by atoms with Crippen LogP contribution in [0.2, 0.25) is 4.34 Å². The van der Waals surface area contributed by atoms with E-state index in [1.165, 1.54) is 27.8 Å². The molecule has 1 N–H and O–H groups in total. The van der Waals surface area contributed by atoms with Crippen LogP contribution in [0, 0.1) is 0 Å². The normalized spacial score (nSPS) is 10.8. The molecule has 0 aliphatic heterocycles. The minimum absolute atomic E-state index is 0.0326. The monoisotopic (exact) mass is 395 g/mol. The van der Waals surface area contributed by atoms with Gasteiger partial charge in [-0.25, -0.2) is 0 Å². The zero-order chi connectivity index (χ0) is 17.8. The Balaban J connectivity index is 1.61. The van der Waals surface area contributed by atoms with Crippen molar-refractivity contribution in [3.8, 4) is 11.4 Å². The molecule has 1 aromatic carbocycles. The van der Waals surface area contributed by atoms with Gasteiger partial charge in [-0.05, 0) is 46.8 Å². The van der Waals surface area contributed by atoms with Gasteiger partial charge in [0.25, 0.3) is 0 Å². The summed E-state index contributed by atoms with van der Waals surface area (Å²) in [5, 5.41) is 21.4. The molecular weight excluding hydrogens is 382 g/mol. The van der Waals surface area contributed by atoms with Crippen LogP contribution in [0.25, 0.3) is 5.69 Å². The number of hydrogen-bond acceptors (Lipinski definition) is 7. The number of thiophene rings is 1. The standard InChI is InChI=1S/C15H14ClN5O2S2/c1-20(8-12-6-7-13(16)25-12)14(23)9-24-15-17-18-19-21(15)10-2-4-11(22)5-3-10/h2-7,22H,8-9H2,1H3. The van der Waals surface area contributed by atoms with Crippen molar-refractivity contribution in [2.45, 2.75) is 11.7 Å². The highest BCUT2D eigenvalue weighted by Gasteiger charge is 2.15. The van der Waals surface area contributed by atoms with E-state index in [0.29, 0.717) is 21.7 Å². The molecule has 10 heteroatoms. The first-order valence-electron chi connectivity index (χ1n) is 7.21. The molecule has 0 unspecified atom stereocenters. The number of halogens is 1. The molecule has 25 heavy (non-hydrogen) atoms. The summed E-state index contributed by atoms with van der Waals surface area (Å²) in [4.78, 5) is 15.0. The summed E-state index contributed by atoms with van der Waals surface area (Å²) in [6, 6.07) is 10.2. The molecule has 0 aliphatic rings. The summed E-state index contributed by atoms with van der Waals surface area (Å²) in [5.74, 6) is 0.347. The number of rotatable bonds is 6. The van der Waals surface area contributed by atoms with Gasteiger partial charge in [-0.1, -0.05) is 23.4 Å². The highest BCUT2D eigenvalue weighted by molar-refractivity contribution is 7.99. The van der Waals surface area contributed by atoms with Crippen LogP contribution in [0.4, 0.5) is 0 Å². The number of benzene rings is 1. The Morgan fingerprint density at radius 1 is 1.32 bits per heavy atom. The van der Waals surface area contributed by atoms with Crippen LogP contribution >= 0.6 is 34.7 Å². The molecule has 3 rings (SSSR count). The van der Waals surface area contributed by atoms with Gasteiger partial charge in [0.2, 0.25) is 11.1 Å². The van der Waals surface area contributed by atoms with Crippen LogP contribution < -0.4 is 0 Å². The summed E-state index contributed by atoms with van der Waals surface area (Å²) >= 11 is 8.62. The number of phenols is 1. The maximum Gasteiger partial charge on any atom is 0.233 e. The lowest BCUT2D eigenvalue weighted by molar-refractivity contribution is -0.127. The smallest absolute Gasteiger partial charge is 0.233 e. The molecule has 0 fully saturated rings. The molecule has 0 atom stereocenters. The number of carbonyl (C=O) groups excluding carboxylic acids is 1. The summed E-state index contributed by atoms with van der Waals surface area (Å²) in [5.41, 5.74) is 0.708. The zero-order valence-electron chi connectivity index (χ0n) is 13.2. The minimum atomic E-state index is -0.0326. The SMILES string of the molecule is CN(Cc1ccc(Cl)s1)C(=O)CSc1nnnn1-c1ccc(O)cc1. The van der Waals surface area contributed by atoms with E-state index in [2.05, 4.69) is 15.5 Å². The topological polar surface area (TPSA) is 84.1 Å². The summed E-state index contributed by atoms with van der Waals surface area (Å²) in [6.45, 7) is 0.514. The highest BCUT2D eigenvalue weighted by atomic mass is 35.5. The number of tetrazole rings is 1. The van der Waals surface area contributed by atoms with E-state index in [-0.39, 0.29) is 17.4 Å². The maximum absolute atomic E-state index is 12.3. The van der Waals surface area contributed by atoms with E-state index in [4.69, 9.17) is 11.6 Å². The van der Waals surface area contributed by atoms with Gasteiger partial charge in [-0.2, -0.15) is 4.68 Å². The Hall–Kier alpha value is -2.10. The average molecular weight is 396 g/mol. The molecule has 3 aromatic rings. The molecule has 2 aromatic heterocycles. The molecule has 130 valence electrons. The van der Waals surface area contributed by atoms with Crippen LogP contribution in [-0.4, -0.2) is 48.9 Å². The van der Waals surface area contributed by atoms with Crippen LogP contribution in [0.5, 0.6) is 5.75 Å². The lowest BCUT2D eigenvalue weighted by Crippen LogP contribution is -2.27. The average Bonchev–Trinajstić information content (AvgIpc) is 3.22. The molecule has 0 bridgehead atoms. The second kappa shape index (κ2) is 7.85. The van der Waals surface area contributed by atoms with Crippen LogP contribution in [0.15, 0.2) is 41.6 Å². The van der Waals surface area contributed by atoms with Crippen molar-refractivity contribution in [2.75, 3.05) is 12.8 Å². The Bertz CT molecular complexity index is 865. The van der Waals surface area contributed by atoms with Crippen molar-refractivity contribution >= 4 is 40.6 Å². The number of nitrogens with zero attached hydrogens (tertiary/aromatic N) is 5. The fourth-order valence-corrected chi connectivity index (χ4v) is 3.99. The van der Waals surface area contributed by atoms with E-state index in [1.54, 1.807) is 36.2 Å². The third-order valence-corrected chi connectivity index (χ3v) is 5.43. The van der Waals surface area contributed by atoms with E-state index in [0.717, 1.165) is 4.88 Å². The predicted molar refractivity (Wildman–Crippen MR) is 97.3 cm³/mol. The maximum atomic E-state index is 12.3. The third kappa shape index (κ3) is 4.50. The molecule has 1 amide bonds. The largest absolute Gasteiger partial charge is 0.508 e. The fraction of sp³-hybridized carbons (Fsp3) is 0.200. The van der Waals surface area contributed by atoms with Crippen molar-refractivity contribution in [3.63, 3.8) is 0 Å². The summed E-state index contributed by atoms with van der Waals surface area (Å²) < 4.78 is 2.23. The summed E-state index contributed by atoms with van der Waals surface area (Å²) in [6.07, 6.45) is 0. The summed E-state index contributed by atoms with van der Waals surface area (Å²) in [7, 11) is 1.75. The Labute approximate surface area is 157 Å². The van der Waals surface area contributed by atoms with Gasteiger partial charge >= 0.3 is 0 Å². The number of aromatic hydroxyl groups is 1. The first kappa shape index (κ1) is 17.7. The van der Waals surface area contributed by atoms with Gasteiger partial charge in [0.1, 0.15) is 5.75 Å². The molecule has 0 radical (unpaired) electrons. The number of carbonyl (C=O) groups is 1. The number of phenolic OH excluding ortho intramolecular Hbond substituents is 1. The van der Waals surface area contributed by atoms with Gasteiger partial charge in [-0.3, -0.25) is 4.79 Å². The van der Waals surface area contributed by atoms with E-state index >= 15 is 0 Å². The minimum Gasteiger partial charge on any atom is -0.508 e. The van der Waals surface area contributed by atoms with Gasteiger partial charge in [0, 0.05) is 11.9 Å². The Morgan fingerprint density at radius 3 is 2.76 bits per heavy atom. The van der Waals surface area contributed by atoms with Gasteiger partial charge in [0.15, 0.2) is 0 Å². The van der Waals surface area contributed by atoms with Crippen molar-refractivity contribution in [3.05, 3.63) is 45.6 Å². The van der Waals surface area contributed by atoms with Crippen molar-refractivity contribution < 1.29 is 9.90 Å². The molecule has 0 aliphatic carbocycles. The lowest BCUT2D eigenvalue weighted by atomic mass is 10.3. The van der Waals surface area contributed by atoms with E-state index < -0.39 is 0 Å². The highest BCUT2D eigenvalue weighted by Crippen LogP contribution is 2.23. The van der Waals surface area contributed by atoms with Crippen LogP contribution in [-0.2, 0) is 11.3 Å². The van der Waals surface area contributed by atoms with Crippen LogP contribution in [0.1, 0.15) is 4.88 Å². The number of aromatic nitrogens is 4. The predicted octanol–water partition coefficient (Wildman–Crippen LogP) is 2.83. The molecule has 0 saturated heterocycles. The number of hydrogen-bond donors (Lipinski definition) is 1. The van der Waals surface area contributed by atoms with Gasteiger partial charge in [0.05, 0.1) is 22.3 Å². The lowest BCUT2D eigenvalue weighted by Gasteiger charge is -2.15. The van der Waals surface area contributed by atoms with Crippen molar-refractivity contribution in [2.24, 2.45) is 0 Å². The zero-order valence-corrected chi connectivity index (χ0v) is 15.6.